The monoisotopic (exact) mass is 300 g/mol. The van der Waals surface area contributed by atoms with Gasteiger partial charge in [0.2, 0.25) is 0 Å². The average molecular weight is 302 g/mol. The van der Waals surface area contributed by atoms with Crippen LogP contribution in [-0.2, 0) is 0 Å². The molecule has 0 aliphatic heterocycles. The van der Waals surface area contributed by atoms with Crippen LogP contribution in [0, 0.1) is 6.92 Å². The highest BCUT2D eigenvalue weighted by Crippen LogP contribution is 2.34. The quantitative estimate of drug-likeness (QED) is 0.585. The first-order chi connectivity index (χ1) is 8.47. The third kappa shape index (κ3) is 2.83. The Bertz CT molecular complexity index is 597. The molecule has 0 unspecified atom stereocenters. The van der Waals surface area contributed by atoms with Crippen LogP contribution in [0.3, 0.4) is 0 Å². The number of benzene rings is 2. The summed E-state index contributed by atoms with van der Waals surface area (Å²) in [6.07, 6.45) is 0. The highest BCUT2D eigenvalue weighted by Gasteiger charge is 2.06. The Morgan fingerprint density at radius 3 is 2.28 bits per heavy atom. The number of aryl methyl sites for hydroxylation is 1. The molecule has 0 saturated heterocycles. The molecule has 2 nitrogen and oxygen atoms in total. The van der Waals surface area contributed by atoms with E-state index >= 15 is 0 Å². The molecule has 0 heterocycles. The molecule has 0 amide bonds. The predicted octanol–water partition coefficient (Wildman–Crippen LogP) is 5.28. The van der Waals surface area contributed by atoms with E-state index in [9.17, 15) is 0 Å². The maximum absolute atomic E-state index is 6.09. The molecular formula is C13H11Cl3N2. The molecular weight excluding hydrogens is 291 g/mol. The first-order valence-corrected chi connectivity index (χ1v) is 6.38. The van der Waals surface area contributed by atoms with Gasteiger partial charge in [-0.3, -0.25) is 0 Å². The number of rotatable bonds is 2. The maximum Gasteiger partial charge on any atom is 0.0656 e. The summed E-state index contributed by atoms with van der Waals surface area (Å²) >= 11 is 17.9. The van der Waals surface area contributed by atoms with Crippen molar-refractivity contribution in [1.82, 2.24) is 0 Å². The van der Waals surface area contributed by atoms with E-state index < -0.39 is 0 Å². The minimum absolute atomic E-state index is 0.431. The van der Waals surface area contributed by atoms with E-state index in [0.29, 0.717) is 20.8 Å². The molecule has 3 N–H and O–H groups in total. The van der Waals surface area contributed by atoms with E-state index in [4.69, 9.17) is 40.5 Å². The molecule has 94 valence electrons. The standard InChI is InChI=1S/C13H11Cl3N2/c1-7-4-8(2-3-12(7)17)18-13-6-10(15)9(14)5-11(13)16/h2-6,18H,17H2,1H3. The van der Waals surface area contributed by atoms with Gasteiger partial charge < -0.3 is 11.1 Å². The Hall–Kier alpha value is -1.09. The summed E-state index contributed by atoms with van der Waals surface area (Å²) in [6.45, 7) is 1.94. The van der Waals surface area contributed by atoms with Crippen LogP contribution in [0.5, 0.6) is 0 Å². The lowest BCUT2D eigenvalue weighted by Crippen LogP contribution is -1.94. The Morgan fingerprint density at radius 1 is 0.944 bits per heavy atom. The molecule has 0 fully saturated rings. The van der Waals surface area contributed by atoms with Crippen molar-refractivity contribution in [1.29, 1.82) is 0 Å². The highest BCUT2D eigenvalue weighted by atomic mass is 35.5. The zero-order valence-corrected chi connectivity index (χ0v) is 11.9. The second-order valence-electron chi connectivity index (χ2n) is 3.94. The van der Waals surface area contributed by atoms with Crippen molar-refractivity contribution in [2.24, 2.45) is 0 Å². The fourth-order valence-electron chi connectivity index (χ4n) is 1.53. The summed E-state index contributed by atoms with van der Waals surface area (Å²) in [6, 6.07) is 8.95. The van der Waals surface area contributed by atoms with E-state index in [1.807, 2.05) is 25.1 Å². The van der Waals surface area contributed by atoms with E-state index in [2.05, 4.69) is 5.32 Å². The maximum atomic E-state index is 6.09. The van der Waals surface area contributed by atoms with Gasteiger partial charge in [-0.05, 0) is 42.8 Å². The topological polar surface area (TPSA) is 38.0 Å². The van der Waals surface area contributed by atoms with Crippen LogP contribution in [0.1, 0.15) is 5.56 Å². The first-order valence-electron chi connectivity index (χ1n) is 5.25. The van der Waals surface area contributed by atoms with Gasteiger partial charge in [-0.25, -0.2) is 0 Å². The van der Waals surface area contributed by atoms with E-state index in [1.54, 1.807) is 12.1 Å². The lowest BCUT2D eigenvalue weighted by Gasteiger charge is -2.11. The van der Waals surface area contributed by atoms with Crippen LogP contribution in [-0.4, -0.2) is 0 Å². The molecule has 2 aromatic rings. The van der Waals surface area contributed by atoms with Crippen LogP contribution in [0.4, 0.5) is 17.1 Å². The number of anilines is 3. The summed E-state index contributed by atoms with van der Waals surface area (Å²) in [7, 11) is 0. The molecule has 0 bridgehead atoms. The molecule has 0 radical (unpaired) electrons. The SMILES string of the molecule is Cc1cc(Nc2cc(Cl)c(Cl)cc2Cl)ccc1N. The number of nitrogens with two attached hydrogens (primary N) is 1. The summed E-state index contributed by atoms with van der Waals surface area (Å²) in [5.41, 5.74) is 9.11. The summed E-state index contributed by atoms with van der Waals surface area (Å²) in [5, 5.41) is 4.58. The van der Waals surface area contributed by atoms with Crippen LogP contribution in [0.2, 0.25) is 15.1 Å². The van der Waals surface area contributed by atoms with E-state index in [0.717, 1.165) is 16.9 Å². The van der Waals surface area contributed by atoms with Crippen molar-refractivity contribution < 1.29 is 0 Å². The molecule has 0 atom stereocenters. The van der Waals surface area contributed by atoms with Gasteiger partial charge in [0.05, 0.1) is 20.8 Å². The fourth-order valence-corrected chi connectivity index (χ4v) is 2.12. The zero-order valence-electron chi connectivity index (χ0n) is 9.60. The van der Waals surface area contributed by atoms with Crippen molar-refractivity contribution in [3.63, 3.8) is 0 Å². The van der Waals surface area contributed by atoms with Crippen molar-refractivity contribution in [2.75, 3.05) is 11.1 Å². The number of hydrogen-bond acceptors (Lipinski definition) is 2. The second kappa shape index (κ2) is 5.27. The molecule has 18 heavy (non-hydrogen) atoms. The Balaban J connectivity index is 2.34. The first kappa shape index (κ1) is 13.3. The molecule has 2 rings (SSSR count). The van der Waals surface area contributed by atoms with Crippen LogP contribution in [0.25, 0.3) is 0 Å². The lowest BCUT2D eigenvalue weighted by atomic mass is 10.2. The smallest absolute Gasteiger partial charge is 0.0656 e. The van der Waals surface area contributed by atoms with Crippen LogP contribution >= 0.6 is 34.8 Å². The minimum atomic E-state index is 0.431. The molecule has 0 spiro atoms. The third-order valence-corrected chi connectivity index (χ3v) is 3.59. The largest absolute Gasteiger partial charge is 0.399 e. The summed E-state index contributed by atoms with van der Waals surface area (Å²) in [4.78, 5) is 0. The zero-order chi connectivity index (χ0) is 13.3. The lowest BCUT2D eigenvalue weighted by molar-refractivity contribution is 1.45. The van der Waals surface area contributed by atoms with Crippen LogP contribution < -0.4 is 11.1 Å². The van der Waals surface area contributed by atoms with Gasteiger partial charge in [0.15, 0.2) is 0 Å². The number of hydrogen-bond donors (Lipinski definition) is 2. The Morgan fingerprint density at radius 2 is 1.61 bits per heavy atom. The molecule has 0 aromatic heterocycles. The highest BCUT2D eigenvalue weighted by molar-refractivity contribution is 6.44. The van der Waals surface area contributed by atoms with Gasteiger partial charge in [0, 0.05) is 11.4 Å². The van der Waals surface area contributed by atoms with Crippen molar-refractivity contribution in [3.8, 4) is 0 Å². The van der Waals surface area contributed by atoms with E-state index in [-0.39, 0.29) is 0 Å². The fraction of sp³-hybridized carbons (Fsp3) is 0.0769. The average Bonchev–Trinajstić information content (AvgIpc) is 2.31. The van der Waals surface area contributed by atoms with Crippen molar-refractivity contribution >= 4 is 51.9 Å². The minimum Gasteiger partial charge on any atom is -0.399 e. The molecule has 2 aromatic carbocycles. The Labute approximate surface area is 121 Å². The van der Waals surface area contributed by atoms with Crippen molar-refractivity contribution in [2.45, 2.75) is 6.92 Å². The summed E-state index contributed by atoms with van der Waals surface area (Å²) < 4.78 is 0. The van der Waals surface area contributed by atoms with Crippen molar-refractivity contribution in [3.05, 3.63) is 51.0 Å². The molecule has 0 aliphatic carbocycles. The van der Waals surface area contributed by atoms with Gasteiger partial charge in [-0.15, -0.1) is 0 Å². The van der Waals surface area contributed by atoms with Crippen LogP contribution in [0.15, 0.2) is 30.3 Å². The Kier molecular flexibility index (Phi) is 3.91. The van der Waals surface area contributed by atoms with E-state index in [1.165, 1.54) is 0 Å². The number of halogens is 3. The van der Waals surface area contributed by atoms with Gasteiger partial charge >= 0.3 is 0 Å². The van der Waals surface area contributed by atoms with Gasteiger partial charge in [0.1, 0.15) is 0 Å². The third-order valence-electron chi connectivity index (χ3n) is 2.56. The van der Waals surface area contributed by atoms with Gasteiger partial charge in [-0.2, -0.15) is 0 Å². The normalized spacial score (nSPS) is 10.4. The molecule has 0 aliphatic rings. The summed E-state index contributed by atoms with van der Waals surface area (Å²) in [5.74, 6) is 0. The van der Waals surface area contributed by atoms with Gasteiger partial charge in [-0.1, -0.05) is 34.8 Å². The molecule has 0 saturated carbocycles. The van der Waals surface area contributed by atoms with Gasteiger partial charge in [0.25, 0.3) is 0 Å². The predicted molar refractivity (Wildman–Crippen MR) is 80.3 cm³/mol. The molecule has 5 heteroatoms. The number of nitrogens with one attached hydrogen (secondary N) is 1. The second-order valence-corrected chi connectivity index (χ2v) is 5.16. The number of nitrogen functional groups attached to an aromatic ring is 1.